The molecule has 0 aliphatic heterocycles. The SMILES string of the molecule is CCOCCCn1cc(Br)cc1C(=O)O. The third kappa shape index (κ3) is 3.68. The Balaban J connectivity index is 2.55. The molecule has 0 aliphatic carbocycles. The van der Waals surface area contributed by atoms with Crippen molar-refractivity contribution in [3.05, 3.63) is 22.4 Å². The van der Waals surface area contributed by atoms with Crippen molar-refractivity contribution in [1.82, 2.24) is 4.57 Å². The number of aryl methyl sites for hydroxylation is 1. The average Bonchev–Trinajstić information content (AvgIpc) is 2.55. The number of rotatable bonds is 6. The molecule has 0 unspecified atom stereocenters. The van der Waals surface area contributed by atoms with Gasteiger partial charge in [0.25, 0.3) is 0 Å². The van der Waals surface area contributed by atoms with Crippen LogP contribution in [0.25, 0.3) is 0 Å². The van der Waals surface area contributed by atoms with Crippen molar-refractivity contribution in [3.63, 3.8) is 0 Å². The number of ether oxygens (including phenoxy) is 1. The molecule has 1 aromatic heterocycles. The van der Waals surface area contributed by atoms with Crippen molar-refractivity contribution in [1.29, 1.82) is 0 Å². The van der Waals surface area contributed by atoms with E-state index < -0.39 is 5.97 Å². The van der Waals surface area contributed by atoms with Gasteiger partial charge in [-0.1, -0.05) is 0 Å². The van der Waals surface area contributed by atoms with Gasteiger partial charge in [-0.15, -0.1) is 0 Å². The van der Waals surface area contributed by atoms with Gasteiger partial charge in [0.1, 0.15) is 5.69 Å². The molecule has 0 saturated carbocycles. The quantitative estimate of drug-likeness (QED) is 0.811. The van der Waals surface area contributed by atoms with E-state index in [1.807, 2.05) is 6.92 Å². The molecular weight excluding hydrogens is 262 g/mol. The van der Waals surface area contributed by atoms with E-state index in [0.29, 0.717) is 25.5 Å². The first-order valence-corrected chi connectivity index (χ1v) is 5.61. The summed E-state index contributed by atoms with van der Waals surface area (Å²) in [6.07, 6.45) is 2.59. The third-order valence-corrected chi connectivity index (χ3v) is 2.41. The lowest BCUT2D eigenvalue weighted by molar-refractivity contribution is 0.0683. The van der Waals surface area contributed by atoms with Gasteiger partial charge < -0.3 is 14.4 Å². The topological polar surface area (TPSA) is 51.5 Å². The zero-order valence-electron chi connectivity index (χ0n) is 8.57. The molecule has 1 N–H and O–H groups in total. The largest absolute Gasteiger partial charge is 0.477 e. The van der Waals surface area contributed by atoms with Crippen LogP contribution < -0.4 is 0 Å². The van der Waals surface area contributed by atoms with Crippen molar-refractivity contribution in [2.75, 3.05) is 13.2 Å². The first-order chi connectivity index (χ1) is 7.15. The van der Waals surface area contributed by atoms with Crippen molar-refractivity contribution < 1.29 is 14.6 Å². The summed E-state index contributed by atoms with van der Waals surface area (Å²) in [6, 6.07) is 1.60. The molecule has 0 amide bonds. The van der Waals surface area contributed by atoms with E-state index >= 15 is 0 Å². The summed E-state index contributed by atoms with van der Waals surface area (Å²) < 4.78 is 7.69. The van der Waals surface area contributed by atoms with Crippen molar-refractivity contribution in [2.45, 2.75) is 19.9 Å². The van der Waals surface area contributed by atoms with E-state index in [1.54, 1.807) is 16.8 Å². The molecule has 0 saturated heterocycles. The molecule has 1 rings (SSSR count). The van der Waals surface area contributed by atoms with Crippen LogP contribution >= 0.6 is 15.9 Å². The number of aromatic nitrogens is 1. The van der Waals surface area contributed by atoms with Gasteiger partial charge in [-0.05, 0) is 35.3 Å². The molecule has 0 radical (unpaired) electrons. The number of nitrogens with zero attached hydrogens (tertiary/aromatic N) is 1. The second-order valence-corrected chi connectivity index (χ2v) is 4.01. The number of hydrogen-bond acceptors (Lipinski definition) is 2. The Kier molecular flexibility index (Phi) is 4.84. The third-order valence-electron chi connectivity index (χ3n) is 1.97. The Morgan fingerprint density at radius 1 is 1.67 bits per heavy atom. The van der Waals surface area contributed by atoms with Crippen molar-refractivity contribution in [3.8, 4) is 0 Å². The number of hydrogen-bond donors (Lipinski definition) is 1. The summed E-state index contributed by atoms with van der Waals surface area (Å²) >= 11 is 3.26. The molecule has 0 spiro atoms. The lowest BCUT2D eigenvalue weighted by atomic mass is 10.4. The maximum absolute atomic E-state index is 10.9. The summed E-state index contributed by atoms with van der Waals surface area (Å²) in [7, 11) is 0. The maximum Gasteiger partial charge on any atom is 0.352 e. The summed E-state index contributed by atoms with van der Waals surface area (Å²) in [4.78, 5) is 10.9. The molecule has 0 bridgehead atoms. The van der Waals surface area contributed by atoms with Gasteiger partial charge in [-0.2, -0.15) is 0 Å². The maximum atomic E-state index is 10.9. The van der Waals surface area contributed by atoms with E-state index in [4.69, 9.17) is 9.84 Å². The Hall–Kier alpha value is -0.810. The monoisotopic (exact) mass is 275 g/mol. The molecule has 0 fully saturated rings. The van der Waals surface area contributed by atoms with Crippen LogP contribution in [0.5, 0.6) is 0 Å². The van der Waals surface area contributed by atoms with Gasteiger partial charge in [0.15, 0.2) is 0 Å². The van der Waals surface area contributed by atoms with E-state index in [2.05, 4.69) is 15.9 Å². The van der Waals surface area contributed by atoms with Crippen LogP contribution in [0.3, 0.4) is 0 Å². The van der Waals surface area contributed by atoms with E-state index in [-0.39, 0.29) is 0 Å². The van der Waals surface area contributed by atoms with Gasteiger partial charge in [0.05, 0.1) is 0 Å². The zero-order chi connectivity index (χ0) is 11.3. The molecule has 0 aliphatic rings. The number of carboxylic acid groups (broad SMARTS) is 1. The van der Waals surface area contributed by atoms with Crippen molar-refractivity contribution in [2.24, 2.45) is 0 Å². The standard InChI is InChI=1S/C10H14BrNO3/c1-2-15-5-3-4-12-7-8(11)6-9(12)10(13)14/h6-7H,2-5H2,1H3,(H,13,14). The Labute approximate surface area is 97.0 Å². The van der Waals surface area contributed by atoms with Crippen LogP contribution in [-0.2, 0) is 11.3 Å². The smallest absolute Gasteiger partial charge is 0.352 e. The Morgan fingerprint density at radius 3 is 3.00 bits per heavy atom. The second-order valence-electron chi connectivity index (χ2n) is 3.09. The highest BCUT2D eigenvalue weighted by atomic mass is 79.9. The van der Waals surface area contributed by atoms with E-state index in [0.717, 1.165) is 10.9 Å². The van der Waals surface area contributed by atoms with E-state index in [1.165, 1.54) is 0 Å². The highest BCUT2D eigenvalue weighted by Gasteiger charge is 2.10. The lowest BCUT2D eigenvalue weighted by Crippen LogP contribution is -2.09. The average molecular weight is 276 g/mol. The van der Waals surface area contributed by atoms with E-state index in [9.17, 15) is 4.79 Å². The fraction of sp³-hybridized carbons (Fsp3) is 0.500. The number of carbonyl (C=O) groups is 1. The van der Waals surface area contributed by atoms with Gasteiger partial charge in [0, 0.05) is 30.4 Å². The first-order valence-electron chi connectivity index (χ1n) is 4.82. The minimum Gasteiger partial charge on any atom is -0.477 e. The molecule has 5 heteroatoms. The number of carboxylic acids is 1. The predicted octanol–water partition coefficient (Wildman–Crippen LogP) is 2.38. The van der Waals surface area contributed by atoms with Gasteiger partial charge in [0.2, 0.25) is 0 Å². The Bertz CT molecular complexity index is 335. The van der Waals surface area contributed by atoms with Crippen LogP contribution in [0.4, 0.5) is 0 Å². The van der Waals surface area contributed by atoms with Gasteiger partial charge in [-0.3, -0.25) is 0 Å². The van der Waals surface area contributed by atoms with Crippen LogP contribution in [-0.4, -0.2) is 28.9 Å². The summed E-state index contributed by atoms with van der Waals surface area (Å²) in [5.74, 6) is -0.905. The fourth-order valence-electron chi connectivity index (χ4n) is 1.32. The lowest BCUT2D eigenvalue weighted by Gasteiger charge is -2.05. The molecule has 0 atom stereocenters. The van der Waals surface area contributed by atoms with Crippen LogP contribution in [0, 0.1) is 0 Å². The summed E-state index contributed by atoms with van der Waals surface area (Å²) in [5, 5.41) is 8.91. The second kappa shape index (κ2) is 5.92. The molecule has 0 aromatic carbocycles. The highest BCUT2D eigenvalue weighted by molar-refractivity contribution is 9.10. The van der Waals surface area contributed by atoms with Crippen LogP contribution in [0.2, 0.25) is 0 Å². The molecule has 1 aromatic rings. The normalized spacial score (nSPS) is 10.5. The Morgan fingerprint density at radius 2 is 2.40 bits per heavy atom. The summed E-state index contributed by atoms with van der Waals surface area (Å²) in [5.41, 5.74) is 0.304. The minimum absolute atomic E-state index is 0.304. The van der Waals surface area contributed by atoms with Crippen LogP contribution in [0.15, 0.2) is 16.7 Å². The van der Waals surface area contributed by atoms with Gasteiger partial charge in [-0.25, -0.2) is 4.79 Å². The predicted molar refractivity (Wildman–Crippen MR) is 60.2 cm³/mol. The zero-order valence-corrected chi connectivity index (χ0v) is 10.2. The van der Waals surface area contributed by atoms with Crippen LogP contribution in [0.1, 0.15) is 23.8 Å². The molecule has 4 nitrogen and oxygen atoms in total. The van der Waals surface area contributed by atoms with Crippen molar-refractivity contribution >= 4 is 21.9 Å². The number of halogens is 1. The first kappa shape index (κ1) is 12.3. The number of aromatic carboxylic acids is 1. The molecular formula is C10H14BrNO3. The van der Waals surface area contributed by atoms with Gasteiger partial charge >= 0.3 is 5.97 Å². The minimum atomic E-state index is -0.905. The fourth-order valence-corrected chi connectivity index (χ4v) is 1.78. The molecule has 84 valence electrons. The molecule has 1 heterocycles. The highest BCUT2D eigenvalue weighted by Crippen LogP contribution is 2.15. The summed E-state index contributed by atoms with van der Waals surface area (Å²) in [6.45, 7) is 3.95. The molecule has 15 heavy (non-hydrogen) atoms.